The van der Waals surface area contributed by atoms with Crippen molar-refractivity contribution in [3.05, 3.63) is 69.3 Å². The molecule has 0 aliphatic heterocycles. The lowest BCUT2D eigenvalue weighted by Crippen LogP contribution is -2.15. The highest BCUT2D eigenvalue weighted by atomic mass is 79.9. The number of rotatable bonds is 5. The van der Waals surface area contributed by atoms with Gasteiger partial charge in [0, 0.05) is 15.4 Å². The van der Waals surface area contributed by atoms with Crippen molar-refractivity contribution in [2.75, 3.05) is 5.32 Å². The topological polar surface area (TPSA) is 79.3 Å². The largest absolute Gasteiger partial charge is 0.478 e. The highest BCUT2D eigenvalue weighted by Crippen LogP contribution is 2.36. The number of aromatic nitrogens is 1. The highest BCUT2D eigenvalue weighted by Gasteiger charge is 2.22. The number of pyridine rings is 1. The molecule has 0 aliphatic rings. The lowest BCUT2D eigenvalue weighted by atomic mass is 10.0. The Bertz CT molecular complexity index is 973. The molecule has 0 spiro atoms. The van der Waals surface area contributed by atoms with Gasteiger partial charge in [0.2, 0.25) is 0 Å². The molecule has 0 fully saturated rings. The molecule has 3 rings (SSSR count). The van der Waals surface area contributed by atoms with Crippen LogP contribution in [0.3, 0.4) is 0 Å². The monoisotopic (exact) mass is 434 g/mol. The van der Waals surface area contributed by atoms with Crippen LogP contribution in [0.4, 0.5) is 9.39 Å². The molecule has 132 valence electrons. The molecule has 0 aliphatic carbocycles. The minimum atomic E-state index is -1.15. The molecule has 5 nitrogen and oxygen atoms in total. The first-order chi connectivity index (χ1) is 12.5. The predicted octanol–water partition coefficient (Wildman–Crippen LogP) is 4.99. The van der Waals surface area contributed by atoms with Gasteiger partial charge in [0.1, 0.15) is 22.9 Å². The Morgan fingerprint density at radius 1 is 1.19 bits per heavy atom. The standard InChI is InChI=1S/C18H12BrFN2O3S/c19-11-6-4-10(5-7-11)13-9-26-17(15(13)18(24)25)22-16(23)14-3-1-2-12(8-20)21-14/h1-7,9H,8H2,(H,22,23)(H,24,25). The average molecular weight is 435 g/mol. The number of carboxylic acid groups (broad SMARTS) is 1. The molecule has 0 radical (unpaired) electrons. The maximum atomic E-state index is 12.7. The van der Waals surface area contributed by atoms with Crippen molar-refractivity contribution in [1.29, 1.82) is 0 Å². The summed E-state index contributed by atoms with van der Waals surface area (Å²) in [7, 11) is 0. The number of hydrogen-bond donors (Lipinski definition) is 2. The molecule has 1 aromatic carbocycles. The van der Waals surface area contributed by atoms with Gasteiger partial charge in [0.05, 0.1) is 5.69 Å². The summed E-state index contributed by atoms with van der Waals surface area (Å²) in [4.78, 5) is 28.0. The summed E-state index contributed by atoms with van der Waals surface area (Å²) in [6.45, 7) is -0.784. The van der Waals surface area contributed by atoms with Crippen LogP contribution in [-0.2, 0) is 6.67 Å². The number of benzene rings is 1. The molecule has 8 heteroatoms. The fraction of sp³-hybridized carbons (Fsp3) is 0.0556. The number of thiophene rings is 1. The fourth-order valence-corrected chi connectivity index (χ4v) is 3.57. The number of carbonyl (C=O) groups excluding carboxylic acids is 1. The Morgan fingerprint density at radius 2 is 1.92 bits per heavy atom. The smallest absolute Gasteiger partial charge is 0.339 e. The van der Waals surface area contributed by atoms with Crippen LogP contribution in [0.2, 0.25) is 0 Å². The van der Waals surface area contributed by atoms with Crippen molar-refractivity contribution < 1.29 is 19.1 Å². The van der Waals surface area contributed by atoms with E-state index in [1.54, 1.807) is 17.5 Å². The number of nitrogens with zero attached hydrogens (tertiary/aromatic N) is 1. The van der Waals surface area contributed by atoms with E-state index in [0.717, 1.165) is 21.4 Å². The Hall–Kier alpha value is -2.58. The van der Waals surface area contributed by atoms with Gasteiger partial charge < -0.3 is 10.4 Å². The summed E-state index contributed by atoms with van der Waals surface area (Å²) < 4.78 is 13.6. The molecule has 0 unspecified atom stereocenters. The minimum Gasteiger partial charge on any atom is -0.478 e. The Balaban J connectivity index is 1.94. The molecule has 0 saturated carbocycles. The molecular formula is C18H12BrFN2O3S. The first-order valence-corrected chi connectivity index (χ1v) is 9.11. The van der Waals surface area contributed by atoms with Crippen molar-refractivity contribution >= 4 is 44.1 Å². The SMILES string of the molecule is O=C(Nc1scc(-c2ccc(Br)cc2)c1C(=O)O)c1cccc(CF)n1. The average Bonchev–Trinajstić information content (AvgIpc) is 3.06. The summed E-state index contributed by atoms with van der Waals surface area (Å²) >= 11 is 4.45. The molecule has 1 amide bonds. The van der Waals surface area contributed by atoms with E-state index in [4.69, 9.17) is 0 Å². The second kappa shape index (κ2) is 7.76. The van der Waals surface area contributed by atoms with E-state index in [0.29, 0.717) is 5.56 Å². The highest BCUT2D eigenvalue weighted by molar-refractivity contribution is 9.10. The van der Waals surface area contributed by atoms with Gasteiger partial charge in [-0.05, 0) is 29.8 Å². The molecular weight excluding hydrogens is 423 g/mol. The molecule has 2 N–H and O–H groups in total. The van der Waals surface area contributed by atoms with Gasteiger partial charge in [-0.1, -0.05) is 34.1 Å². The molecule has 2 heterocycles. The van der Waals surface area contributed by atoms with E-state index in [1.807, 2.05) is 12.1 Å². The number of carboxylic acids is 1. The van der Waals surface area contributed by atoms with Gasteiger partial charge >= 0.3 is 5.97 Å². The molecule has 26 heavy (non-hydrogen) atoms. The summed E-state index contributed by atoms with van der Waals surface area (Å²) in [5.41, 5.74) is 1.40. The lowest BCUT2D eigenvalue weighted by molar-refractivity contribution is 0.0699. The summed E-state index contributed by atoms with van der Waals surface area (Å²) in [5, 5.41) is 14.0. The third kappa shape index (κ3) is 3.81. The van der Waals surface area contributed by atoms with Gasteiger partial charge in [-0.15, -0.1) is 11.3 Å². The van der Waals surface area contributed by atoms with Crippen molar-refractivity contribution in [1.82, 2.24) is 4.98 Å². The van der Waals surface area contributed by atoms with Crippen LogP contribution in [0.1, 0.15) is 26.5 Å². The third-order valence-electron chi connectivity index (χ3n) is 3.56. The zero-order valence-electron chi connectivity index (χ0n) is 13.2. The molecule has 0 bridgehead atoms. The van der Waals surface area contributed by atoms with E-state index in [1.165, 1.54) is 18.2 Å². The molecule has 2 aromatic heterocycles. The van der Waals surface area contributed by atoms with Crippen LogP contribution in [-0.4, -0.2) is 22.0 Å². The number of aromatic carboxylic acids is 1. The van der Waals surface area contributed by atoms with Gasteiger partial charge in [-0.3, -0.25) is 4.79 Å². The summed E-state index contributed by atoms with van der Waals surface area (Å²) in [6, 6.07) is 11.6. The second-order valence-electron chi connectivity index (χ2n) is 5.27. The Labute approximate surface area is 160 Å². The fourth-order valence-electron chi connectivity index (χ4n) is 2.35. The van der Waals surface area contributed by atoms with Crippen molar-refractivity contribution in [3.63, 3.8) is 0 Å². The number of amides is 1. The normalized spacial score (nSPS) is 10.5. The molecule has 3 aromatic rings. The van der Waals surface area contributed by atoms with E-state index >= 15 is 0 Å². The Kier molecular flexibility index (Phi) is 5.43. The number of alkyl halides is 1. The lowest BCUT2D eigenvalue weighted by Gasteiger charge is -2.06. The quantitative estimate of drug-likeness (QED) is 0.592. The van der Waals surface area contributed by atoms with E-state index in [9.17, 15) is 19.1 Å². The number of halogens is 2. The number of hydrogen-bond acceptors (Lipinski definition) is 4. The van der Waals surface area contributed by atoms with Gasteiger partial charge in [0.15, 0.2) is 0 Å². The second-order valence-corrected chi connectivity index (χ2v) is 7.06. The van der Waals surface area contributed by atoms with Crippen LogP contribution in [0.15, 0.2) is 52.3 Å². The number of anilines is 1. The maximum Gasteiger partial charge on any atom is 0.339 e. The van der Waals surface area contributed by atoms with E-state index in [-0.39, 0.29) is 22.0 Å². The van der Waals surface area contributed by atoms with Crippen LogP contribution in [0.5, 0.6) is 0 Å². The zero-order valence-corrected chi connectivity index (χ0v) is 15.6. The van der Waals surface area contributed by atoms with Gasteiger partial charge in [-0.25, -0.2) is 14.2 Å². The molecule has 0 saturated heterocycles. The van der Waals surface area contributed by atoms with Crippen molar-refractivity contribution in [2.24, 2.45) is 0 Å². The molecule has 0 atom stereocenters. The zero-order chi connectivity index (χ0) is 18.7. The number of nitrogens with one attached hydrogen (secondary N) is 1. The third-order valence-corrected chi connectivity index (χ3v) is 4.99. The van der Waals surface area contributed by atoms with Gasteiger partial charge in [0.25, 0.3) is 5.91 Å². The van der Waals surface area contributed by atoms with E-state index < -0.39 is 18.6 Å². The minimum absolute atomic E-state index is 0.00678. The maximum absolute atomic E-state index is 12.7. The first kappa shape index (κ1) is 18.2. The predicted molar refractivity (Wildman–Crippen MR) is 101 cm³/mol. The summed E-state index contributed by atoms with van der Waals surface area (Å²) in [6.07, 6.45) is 0. The van der Waals surface area contributed by atoms with Gasteiger partial charge in [-0.2, -0.15) is 0 Å². The van der Waals surface area contributed by atoms with Crippen molar-refractivity contribution in [3.8, 4) is 11.1 Å². The van der Waals surface area contributed by atoms with Crippen LogP contribution in [0.25, 0.3) is 11.1 Å². The Morgan fingerprint density at radius 3 is 2.58 bits per heavy atom. The van der Waals surface area contributed by atoms with E-state index in [2.05, 4.69) is 26.2 Å². The van der Waals surface area contributed by atoms with Crippen molar-refractivity contribution in [2.45, 2.75) is 6.67 Å². The summed E-state index contributed by atoms with van der Waals surface area (Å²) in [5.74, 6) is -1.74. The first-order valence-electron chi connectivity index (χ1n) is 7.43. The van der Waals surface area contributed by atoms with Crippen LogP contribution < -0.4 is 5.32 Å². The van der Waals surface area contributed by atoms with Crippen LogP contribution in [0, 0.1) is 0 Å². The number of carbonyl (C=O) groups is 2. The van der Waals surface area contributed by atoms with Crippen LogP contribution >= 0.6 is 27.3 Å².